The lowest BCUT2D eigenvalue weighted by Gasteiger charge is -2.47. The number of benzene rings is 1. The Kier molecular flexibility index (Phi) is 18.1. The number of carbonyl (C=O) groups excluding carboxylic acids is 4. The van der Waals surface area contributed by atoms with Crippen molar-refractivity contribution in [2.75, 3.05) is 27.9 Å². The first kappa shape index (κ1) is 50.5. The average Bonchev–Trinajstić information content (AvgIpc) is 3.27. The maximum atomic E-state index is 14.5. The van der Waals surface area contributed by atoms with Gasteiger partial charge in [0.1, 0.15) is 41.7 Å². The third-order valence-corrected chi connectivity index (χ3v) is 14.0. The Morgan fingerprint density at radius 2 is 1.57 bits per heavy atom. The van der Waals surface area contributed by atoms with Crippen LogP contribution in [-0.4, -0.2) is 121 Å². The van der Waals surface area contributed by atoms with Crippen molar-refractivity contribution in [2.24, 2.45) is 29.6 Å². The van der Waals surface area contributed by atoms with Crippen LogP contribution in [0, 0.1) is 35.4 Å². The predicted octanol–water partition coefficient (Wildman–Crippen LogP) is 6.70. The fraction of sp³-hybridized carbons (Fsp3) is 0.714. The van der Waals surface area contributed by atoms with Gasteiger partial charge in [-0.25, -0.2) is 9.18 Å². The van der Waals surface area contributed by atoms with Crippen LogP contribution in [-0.2, 0) is 42.9 Å². The number of methoxy groups -OCH3 is 3. The molecule has 0 radical (unpaired) electrons. The number of allylic oxidation sites excluding steroid dienone is 3. The molecule has 14 atom stereocenters. The second-order valence-corrected chi connectivity index (χ2v) is 18.7. The van der Waals surface area contributed by atoms with E-state index >= 15 is 0 Å². The number of hydrogen-bond acceptors (Lipinski definition) is 12. The smallest absolute Gasteiger partial charge is 0.329 e. The zero-order valence-electron chi connectivity index (χ0n) is 38.8. The van der Waals surface area contributed by atoms with Crippen LogP contribution in [0.25, 0.3) is 0 Å². The molecule has 14 heteroatoms. The largest absolute Gasteiger partial charge is 0.488 e. The Morgan fingerprint density at radius 3 is 2.22 bits per heavy atom. The van der Waals surface area contributed by atoms with Crippen molar-refractivity contribution in [2.45, 2.75) is 167 Å². The van der Waals surface area contributed by atoms with Crippen LogP contribution in [0.2, 0.25) is 0 Å². The van der Waals surface area contributed by atoms with Gasteiger partial charge in [0.05, 0.1) is 24.4 Å². The summed E-state index contributed by atoms with van der Waals surface area (Å²) in [6, 6.07) is 4.70. The molecule has 1 amide bonds. The highest BCUT2D eigenvalue weighted by Gasteiger charge is 2.56. The number of carbonyl (C=O) groups is 4. The summed E-state index contributed by atoms with van der Waals surface area (Å²) in [5.41, 5.74) is 1.64. The molecule has 2 N–H and O–H groups in total. The minimum atomic E-state index is -2.52. The number of aliphatic hydroxyl groups is 2. The van der Waals surface area contributed by atoms with E-state index in [1.54, 1.807) is 33.1 Å². The van der Waals surface area contributed by atoms with E-state index in [-0.39, 0.29) is 61.5 Å². The first-order valence-electron chi connectivity index (χ1n) is 23.0. The Labute approximate surface area is 373 Å². The lowest BCUT2D eigenvalue weighted by molar-refractivity contribution is -0.302. The first-order valence-corrected chi connectivity index (χ1v) is 23.0. The van der Waals surface area contributed by atoms with Crippen molar-refractivity contribution < 1.29 is 62.2 Å². The summed E-state index contributed by atoms with van der Waals surface area (Å²) in [5, 5.41) is 23.9. The molecule has 5 rings (SSSR count). The molecule has 2 bridgehead atoms. The topological polar surface area (TPSA) is 167 Å². The fourth-order valence-corrected chi connectivity index (χ4v) is 10.2. The van der Waals surface area contributed by atoms with E-state index in [4.69, 9.17) is 28.4 Å². The lowest BCUT2D eigenvalue weighted by atomic mass is 9.81. The van der Waals surface area contributed by atoms with E-state index in [0.29, 0.717) is 62.7 Å². The van der Waals surface area contributed by atoms with Crippen LogP contribution in [0.15, 0.2) is 47.6 Å². The predicted molar refractivity (Wildman–Crippen MR) is 233 cm³/mol. The molecule has 14 unspecified atom stereocenters. The van der Waals surface area contributed by atoms with Crippen molar-refractivity contribution >= 4 is 23.4 Å². The molecule has 1 aromatic rings. The Morgan fingerprint density at radius 1 is 0.905 bits per heavy atom. The third-order valence-electron chi connectivity index (χ3n) is 14.0. The summed E-state index contributed by atoms with van der Waals surface area (Å²) in [6.45, 7) is 11.2. The van der Waals surface area contributed by atoms with Gasteiger partial charge in [0.15, 0.2) is 0 Å². The summed E-state index contributed by atoms with van der Waals surface area (Å²) in [5.74, 6) is -7.48. The van der Waals surface area contributed by atoms with E-state index in [2.05, 4.69) is 0 Å². The summed E-state index contributed by atoms with van der Waals surface area (Å²) in [4.78, 5) is 58.2. The molecule has 0 aromatic heterocycles. The van der Waals surface area contributed by atoms with Gasteiger partial charge in [-0.2, -0.15) is 0 Å². The van der Waals surface area contributed by atoms with Gasteiger partial charge in [-0.15, -0.1) is 0 Å². The maximum absolute atomic E-state index is 14.5. The van der Waals surface area contributed by atoms with E-state index in [1.807, 2.05) is 39.8 Å². The second kappa shape index (κ2) is 22.6. The van der Waals surface area contributed by atoms with Crippen molar-refractivity contribution in [3.05, 3.63) is 53.4 Å². The number of amides is 1. The van der Waals surface area contributed by atoms with Crippen LogP contribution in [0.5, 0.6) is 5.75 Å². The number of aliphatic hydroxyl groups excluding tert-OH is 1. The van der Waals surface area contributed by atoms with E-state index in [0.717, 1.165) is 5.57 Å². The van der Waals surface area contributed by atoms with Crippen LogP contribution >= 0.6 is 0 Å². The molecule has 1 saturated carbocycles. The fourth-order valence-electron chi connectivity index (χ4n) is 10.2. The highest BCUT2D eigenvalue weighted by atomic mass is 19.1. The number of ether oxygens (including phenoxy) is 6. The first-order chi connectivity index (χ1) is 29.9. The molecular weight excluding hydrogens is 814 g/mol. The number of cyclic esters (lactones) is 1. The lowest BCUT2D eigenvalue weighted by Crippen LogP contribution is -2.64. The summed E-state index contributed by atoms with van der Waals surface area (Å²) < 4.78 is 50.0. The van der Waals surface area contributed by atoms with E-state index < -0.39 is 77.8 Å². The minimum absolute atomic E-state index is 0.0220. The average molecular weight is 886 g/mol. The third kappa shape index (κ3) is 12.2. The molecule has 1 aliphatic carbocycles. The molecular formula is C49H72FNO12. The van der Waals surface area contributed by atoms with Crippen molar-refractivity contribution in [3.8, 4) is 5.75 Å². The Bertz CT molecular complexity index is 1780. The van der Waals surface area contributed by atoms with Gasteiger partial charge in [0.25, 0.3) is 11.7 Å². The van der Waals surface area contributed by atoms with Crippen molar-refractivity contribution in [1.29, 1.82) is 0 Å². The molecule has 13 nitrogen and oxygen atoms in total. The van der Waals surface area contributed by atoms with Gasteiger partial charge in [-0.3, -0.25) is 14.4 Å². The van der Waals surface area contributed by atoms with Gasteiger partial charge in [-0.1, -0.05) is 45.4 Å². The van der Waals surface area contributed by atoms with Crippen LogP contribution in [0.1, 0.15) is 112 Å². The second-order valence-electron chi connectivity index (χ2n) is 18.7. The Hall–Kier alpha value is -3.53. The standard InChI is InChI=1S/C49H72FNO12/c1-10-34-22-28(2)21-29(3)23-42(59-8)45-43(60-9)25-31(5)49(57,63-45)46(54)47(55)51-20-12-11-13-37(51)48(56)62-44(32(6)38(52)27-39(34)53)30(4)24-33-14-19-40(41(26-33)58-7)61-36-17-15-35(50)16-18-36/h15-18,22,24,29,31-34,37-38,40-45,52,57H,10-14,19-21,23,25-27H2,1-9H3/b28-22+,30-24?. The van der Waals surface area contributed by atoms with Gasteiger partial charge >= 0.3 is 5.97 Å². The molecule has 4 aliphatic rings. The van der Waals surface area contributed by atoms with Crippen LogP contribution < -0.4 is 4.74 Å². The molecule has 0 spiro atoms. The molecule has 3 fully saturated rings. The number of fused-ring (bicyclic) bond motifs is 3. The van der Waals surface area contributed by atoms with E-state index in [1.165, 1.54) is 31.3 Å². The molecule has 3 heterocycles. The SMILES string of the molecule is CCC1/C=C(\C)CC(C)CC(OC)C2OC(O)(C(=O)C(=O)N3CCCCC3C(=O)OC(C(C)=CC3CCC(Oc4ccc(F)cc4)C(OC)C3)C(C)C(O)CC1=O)C(C)CC2OC. The van der Waals surface area contributed by atoms with E-state index in [9.17, 15) is 33.8 Å². The maximum Gasteiger partial charge on any atom is 0.329 e. The zero-order valence-corrected chi connectivity index (χ0v) is 38.8. The molecule has 352 valence electrons. The van der Waals surface area contributed by atoms with Gasteiger partial charge in [0, 0.05) is 52.0 Å². The van der Waals surface area contributed by atoms with Gasteiger partial charge in [0.2, 0.25) is 5.79 Å². The summed E-state index contributed by atoms with van der Waals surface area (Å²) in [7, 11) is 4.68. The molecule has 3 aliphatic heterocycles. The van der Waals surface area contributed by atoms with Gasteiger partial charge in [-0.05, 0) is 120 Å². The number of halogens is 1. The number of piperidine rings is 1. The number of rotatable bonds is 8. The van der Waals surface area contributed by atoms with Gasteiger partial charge < -0.3 is 43.5 Å². The minimum Gasteiger partial charge on any atom is -0.488 e. The normalized spacial score (nSPS) is 38.2. The molecule has 1 aromatic carbocycles. The summed E-state index contributed by atoms with van der Waals surface area (Å²) in [6.07, 6.45) is 4.04. The monoisotopic (exact) mass is 886 g/mol. The molecule has 63 heavy (non-hydrogen) atoms. The van der Waals surface area contributed by atoms with Crippen molar-refractivity contribution in [1.82, 2.24) is 4.90 Å². The highest BCUT2D eigenvalue weighted by Crippen LogP contribution is 2.39. The molecule has 2 saturated heterocycles. The van der Waals surface area contributed by atoms with Crippen LogP contribution in [0.3, 0.4) is 0 Å². The zero-order chi connectivity index (χ0) is 46.2. The van der Waals surface area contributed by atoms with Crippen molar-refractivity contribution in [3.63, 3.8) is 0 Å². The number of nitrogens with zero attached hydrogens (tertiary/aromatic N) is 1. The number of Topliss-reactive ketones (excluding diaryl/α,β-unsaturated/α-hetero) is 2. The number of esters is 1. The Balaban J connectivity index is 1.48. The number of ketones is 2. The highest BCUT2D eigenvalue weighted by molar-refractivity contribution is 6.39. The quantitative estimate of drug-likeness (QED) is 0.161. The summed E-state index contributed by atoms with van der Waals surface area (Å²) >= 11 is 0. The number of hydrogen-bond donors (Lipinski definition) is 2. The van der Waals surface area contributed by atoms with Crippen LogP contribution in [0.4, 0.5) is 4.39 Å².